The Labute approximate surface area is 132 Å². The number of benzene rings is 1. The molecule has 6 heteroatoms. The maximum Gasteiger partial charge on any atom is 0.221 e. The van der Waals surface area contributed by atoms with Crippen molar-refractivity contribution in [3.8, 4) is 0 Å². The van der Waals surface area contributed by atoms with Crippen molar-refractivity contribution in [1.29, 1.82) is 0 Å². The fourth-order valence-electron chi connectivity index (χ4n) is 1.40. The molecule has 0 unspecified atom stereocenters. The van der Waals surface area contributed by atoms with Crippen LogP contribution < -0.4 is 5.32 Å². The molecule has 2 rings (SSSR count). The molecule has 3 nitrogen and oxygen atoms in total. The number of rotatable bonds is 3. The summed E-state index contributed by atoms with van der Waals surface area (Å²) in [5.41, 5.74) is 0.791. The first kappa shape index (κ1) is 14.6. The van der Waals surface area contributed by atoms with Crippen LogP contribution in [0.3, 0.4) is 0 Å². The van der Waals surface area contributed by atoms with Gasteiger partial charge in [-0.25, -0.2) is 4.98 Å². The lowest BCUT2D eigenvalue weighted by molar-refractivity contribution is -0.114. The van der Waals surface area contributed by atoms with E-state index in [1.165, 1.54) is 6.92 Å². The van der Waals surface area contributed by atoms with Crippen LogP contribution in [0.5, 0.6) is 0 Å². The van der Waals surface area contributed by atoms with Crippen LogP contribution in [0.4, 0.5) is 5.69 Å². The van der Waals surface area contributed by atoms with E-state index >= 15 is 0 Å². The first-order valence-corrected chi connectivity index (χ1v) is 7.81. The van der Waals surface area contributed by atoms with Crippen molar-refractivity contribution in [2.24, 2.45) is 0 Å². The molecule has 19 heavy (non-hydrogen) atoms. The third kappa shape index (κ3) is 4.33. The molecule has 2 aromatic rings. The summed E-state index contributed by atoms with van der Waals surface area (Å²) in [4.78, 5) is 16.3. The Morgan fingerprint density at radius 1 is 1.26 bits per heavy atom. The van der Waals surface area contributed by atoms with Crippen LogP contribution in [-0.4, -0.2) is 10.9 Å². The summed E-state index contributed by atoms with van der Waals surface area (Å²) in [7, 11) is 0. The number of nitrogens with zero attached hydrogens (tertiary/aromatic N) is 1. The van der Waals surface area contributed by atoms with E-state index in [1.54, 1.807) is 18.0 Å². The maximum atomic E-state index is 10.9. The fraction of sp³-hybridized carbons (Fsp3) is 0.0769. The van der Waals surface area contributed by atoms with Crippen molar-refractivity contribution in [1.82, 2.24) is 4.98 Å². The van der Waals surface area contributed by atoms with E-state index in [4.69, 9.17) is 0 Å². The number of carbonyl (C=O) groups is 1. The topological polar surface area (TPSA) is 42.0 Å². The van der Waals surface area contributed by atoms with Crippen LogP contribution >= 0.6 is 43.6 Å². The molecule has 1 heterocycles. The summed E-state index contributed by atoms with van der Waals surface area (Å²) in [6, 6.07) is 9.60. The Balaban J connectivity index is 2.13. The first-order valence-electron chi connectivity index (χ1n) is 5.41. The molecular weight excluding hydrogens is 392 g/mol. The van der Waals surface area contributed by atoms with Gasteiger partial charge in [0.05, 0.1) is 4.47 Å². The highest BCUT2D eigenvalue weighted by Gasteiger charge is 2.05. The zero-order valence-electron chi connectivity index (χ0n) is 9.98. The number of amides is 1. The van der Waals surface area contributed by atoms with Crippen LogP contribution in [0, 0.1) is 0 Å². The van der Waals surface area contributed by atoms with Gasteiger partial charge in [-0.3, -0.25) is 4.79 Å². The predicted molar refractivity (Wildman–Crippen MR) is 84.5 cm³/mol. The van der Waals surface area contributed by atoms with E-state index in [-0.39, 0.29) is 5.91 Å². The molecule has 1 N–H and O–H groups in total. The van der Waals surface area contributed by atoms with Crippen LogP contribution in [0.15, 0.2) is 55.4 Å². The summed E-state index contributed by atoms with van der Waals surface area (Å²) in [5, 5.41) is 3.63. The molecule has 0 radical (unpaired) electrons. The third-order valence-corrected chi connectivity index (χ3v) is 4.49. The van der Waals surface area contributed by atoms with Gasteiger partial charge in [-0.05, 0) is 62.2 Å². The smallest absolute Gasteiger partial charge is 0.221 e. The molecule has 98 valence electrons. The summed E-state index contributed by atoms with van der Waals surface area (Å²) < 4.78 is 1.88. The van der Waals surface area contributed by atoms with Gasteiger partial charge < -0.3 is 5.32 Å². The van der Waals surface area contributed by atoms with Crippen molar-refractivity contribution in [2.75, 3.05) is 5.32 Å². The molecule has 0 saturated carbocycles. The van der Waals surface area contributed by atoms with Crippen molar-refractivity contribution in [3.63, 3.8) is 0 Å². The Bertz CT molecular complexity index is 602. The van der Waals surface area contributed by atoms with E-state index in [1.807, 2.05) is 30.3 Å². The highest BCUT2D eigenvalue weighted by atomic mass is 79.9. The molecule has 1 aromatic carbocycles. The summed E-state index contributed by atoms with van der Waals surface area (Å²) in [6.45, 7) is 1.49. The van der Waals surface area contributed by atoms with Gasteiger partial charge in [-0.15, -0.1) is 0 Å². The number of carbonyl (C=O) groups excluding carboxylic acids is 1. The Kier molecular flexibility index (Phi) is 5.01. The summed E-state index contributed by atoms with van der Waals surface area (Å²) in [6.07, 6.45) is 1.76. The molecule has 0 aliphatic heterocycles. The minimum absolute atomic E-state index is 0.0716. The molecular formula is C13H10Br2N2OS. The quantitative estimate of drug-likeness (QED) is 0.809. The van der Waals surface area contributed by atoms with Gasteiger partial charge in [0.1, 0.15) is 5.03 Å². The van der Waals surface area contributed by atoms with Crippen LogP contribution in [-0.2, 0) is 4.79 Å². The standard InChI is InChI=1S/C13H10Br2N2OS/c1-8(18)17-10-2-4-11(5-3-10)19-13-12(15)6-9(14)7-16-13/h2-7H,1H3,(H,17,18). The monoisotopic (exact) mass is 400 g/mol. The van der Waals surface area contributed by atoms with Crippen molar-refractivity contribution in [3.05, 3.63) is 45.5 Å². The molecule has 1 amide bonds. The van der Waals surface area contributed by atoms with E-state index < -0.39 is 0 Å². The predicted octanol–water partition coefficient (Wildman–Crippen LogP) is 4.72. The lowest BCUT2D eigenvalue weighted by atomic mass is 10.3. The van der Waals surface area contributed by atoms with Gasteiger partial charge in [-0.2, -0.15) is 0 Å². The number of halogens is 2. The van der Waals surface area contributed by atoms with Crippen molar-refractivity contribution in [2.45, 2.75) is 16.8 Å². The van der Waals surface area contributed by atoms with Crippen LogP contribution in [0.1, 0.15) is 6.92 Å². The number of aromatic nitrogens is 1. The highest BCUT2D eigenvalue weighted by molar-refractivity contribution is 9.11. The van der Waals surface area contributed by atoms with Gasteiger partial charge in [0.15, 0.2) is 0 Å². The highest BCUT2D eigenvalue weighted by Crippen LogP contribution is 2.33. The average molecular weight is 402 g/mol. The van der Waals surface area contributed by atoms with Gasteiger partial charge in [-0.1, -0.05) is 11.8 Å². The first-order chi connectivity index (χ1) is 9.04. The summed E-state index contributed by atoms with van der Waals surface area (Å²) >= 11 is 8.41. The summed E-state index contributed by atoms with van der Waals surface area (Å²) in [5.74, 6) is -0.0716. The lowest BCUT2D eigenvalue weighted by Crippen LogP contribution is -2.05. The van der Waals surface area contributed by atoms with E-state index in [0.29, 0.717) is 0 Å². The van der Waals surface area contributed by atoms with E-state index in [0.717, 1.165) is 24.6 Å². The van der Waals surface area contributed by atoms with Gasteiger partial charge in [0.25, 0.3) is 0 Å². The lowest BCUT2D eigenvalue weighted by Gasteiger charge is -2.05. The zero-order valence-corrected chi connectivity index (χ0v) is 14.0. The third-order valence-electron chi connectivity index (χ3n) is 2.16. The molecule has 0 aliphatic carbocycles. The van der Waals surface area contributed by atoms with Crippen LogP contribution in [0.25, 0.3) is 0 Å². The van der Waals surface area contributed by atoms with Crippen LogP contribution in [0.2, 0.25) is 0 Å². The fourth-order valence-corrected chi connectivity index (χ4v) is 3.39. The van der Waals surface area contributed by atoms with E-state index in [2.05, 4.69) is 42.2 Å². The van der Waals surface area contributed by atoms with Crippen molar-refractivity contribution >= 4 is 55.2 Å². The van der Waals surface area contributed by atoms with Gasteiger partial charge >= 0.3 is 0 Å². The van der Waals surface area contributed by atoms with E-state index in [9.17, 15) is 4.79 Å². The van der Waals surface area contributed by atoms with Gasteiger partial charge in [0, 0.05) is 28.2 Å². The molecule has 1 aromatic heterocycles. The number of pyridine rings is 1. The molecule has 0 saturated heterocycles. The largest absolute Gasteiger partial charge is 0.326 e. The van der Waals surface area contributed by atoms with Crippen molar-refractivity contribution < 1.29 is 4.79 Å². The molecule has 0 spiro atoms. The second-order valence-electron chi connectivity index (χ2n) is 3.75. The molecule has 0 fully saturated rings. The SMILES string of the molecule is CC(=O)Nc1ccc(Sc2ncc(Br)cc2Br)cc1. The second-order valence-corrected chi connectivity index (χ2v) is 6.58. The Morgan fingerprint density at radius 2 is 1.95 bits per heavy atom. The molecule has 0 aliphatic rings. The minimum Gasteiger partial charge on any atom is -0.326 e. The van der Waals surface area contributed by atoms with Gasteiger partial charge in [0.2, 0.25) is 5.91 Å². The number of hydrogen-bond donors (Lipinski definition) is 1. The normalized spacial score (nSPS) is 10.3. The molecule has 0 bridgehead atoms. The average Bonchev–Trinajstić information content (AvgIpc) is 2.34. The second kappa shape index (κ2) is 6.54. The Hall–Kier alpha value is -0.850. The zero-order chi connectivity index (χ0) is 13.8. The number of nitrogens with one attached hydrogen (secondary N) is 1. The molecule has 0 atom stereocenters. The Morgan fingerprint density at radius 3 is 2.53 bits per heavy atom. The minimum atomic E-state index is -0.0716. The maximum absolute atomic E-state index is 10.9. The number of hydrogen-bond acceptors (Lipinski definition) is 3. The number of anilines is 1.